The average molecular weight is 290 g/mol. The zero-order valence-electron chi connectivity index (χ0n) is 9.95. The number of rotatable bonds is 5. The quantitative estimate of drug-likeness (QED) is 0.479. The molecule has 0 fully saturated rings. The lowest BCUT2D eigenvalue weighted by Crippen LogP contribution is -2.22. The van der Waals surface area contributed by atoms with Crippen LogP contribution < -0.4 is 0 Å². The SMILES string of the molecule is COC(=O)CC(O)C(O)c1ccc([N+](=O)[O-])cc1Cl. The summed E-state index contributed by atoms with van der Waals surface area (Å²) < 4.78 is 4.36. The van der Waals surface area contributed by atoms with Crippen LogP contribution in [0.4, 0.5) is 5.69 Å². The molecule has 1 aromatic rings. The first-order valence-corrected chi connectivity index (χ1v) is 5.61. The van der Waals surface area contributed by atoms with Crippen molar-refractivity contribution in [1.82, 2.24) is 0 Å². The van der Waals surface area contributed by atoms with Crippen molar-refractivity contribution in [3.8, 4) is 0 Å². The Bertz CT molecular complexity index is 492. The number of hydrogen-bond donors (Lipinski definition) is 2. The van der Waals surface area contributed by atoms with E-state index in [9.17, 15) is 25.1 Å². The number of hydrogen-bond acceptors (Lipinski definition) is 6. The van der Waals surface area contributed by atoms with Gasteiger partial charge < -0.3 is 14.9 Å². The number of nitro groups is 1. The van der Waals surface area contributed by atoms with E-state index in [1.165, 1.54) is 6.07 Å². The highest BCUT2D eigenvalue weighted by molar-refractivity contribution is 6.31. The van der Waals surface area contributed by atoms with Crippen molar-refractivity contribution in [2.24, 2.45) is 0 Å². The maximum Gasteiger partial charge on any atom is 0.308 e. The minimum Gasteiger partial charge on any atom is -0.469 e. The maximum atomic E-state index is 11.0. The van der Waals surface area contributed by atoms with Gasteiger partial charge in [0.15, 0.2) is 0 Å². The lowest BCUT2D eigenvalue weighted by atomic mass is 10.0. The van der Waals surface area contributed by atoms with Crippen LogP contribution in [0.3, 0.4) is 0 Å². The molecule has 104 valence electrons. The Morgan fingerprint density at radius 3 is 2.63 bits per heavy atom. The van der Waals surface area contributed by atoms with E-state index in [1.807, 2.05) is 0 Å². The van der Waals surface area contributed by atoms with Crippen molar-refractivity contribution < 1.29 is 24.7 Å². The van der Waals surface area contributed by atoms with E-state index in [1.54, 1.807) is 0 Å². The molecule has 0 heterocycles. The van der Waals surface area contributed by atoms with Crippen LogP contribution in [0.15, 0.2) is 18.2 Å². The number of nitro benzene ring substituents is 1. The van der Waals surface area contributed by atoms with Gasteiger partial charge in [-0.25, -0.2) is 0 Å². The lowest BCUT2D eigenvalue weighted by Gasteiger charge is -2.18. The minimum atomic E-state index is -1.44. The number of non-ortho nitro benzene ring substituents is 1. The van der Waals surface area contributed by atoms with Crippen LogP contribution in [0.1, 0.15) is 18.1 Å². The van der Waals surface area contributed by atoms with E-state index in [0.717, 1.165) is 19.2 Å². The summed E-state index contributed by atoms with van der Waals surface area (Å²) in [7, 11) is 1.15. The highest BCUT2D eigenvalue weighted by Crippen LogP contribution is 2.29. The summed E-state index contributed by atoms with van der Waals surface area (Å²) in [6.45, 7) is 0. The molecule has 0 aliphatic heterocycles. The Kier molecular flexibility index (Phi) is 5.22. The van der Waals surface area contributed by atoms with Crippen molar-refractivity contribution in [3.63, 3.8) is 0 Å². The van der Waals surface area contributed by atoms with Crippen molar-refractivity contribution >= 4 is 23.3 Å². The van der Waals surface area contributed by atoms with Gasteiger partial charge in [-0.3, -0.25) is 14.9 Å². The molecule has 8 heteroatoms. The third-order valence-corrected chi connectivity index (χ3v) is 2.81. The van der Waals surface area contributed by atoms with E-state index in [0.29, 0.717) is 0 Å². The second-order valence-electron chi connectivity index (χ2n) is 3.76. The highest BCUT2D eigenvalue weighted by Gasteiger charge is 2.24. The number of aliphatic hydroxyl groups excluding tert-OH is 2. The molecular weight excluding hydrogens is 278 g/mol. The topological polar surface area (TPSA) is 110 Å². The van der Waals surface area contributed by atoms with E-state index >= 15 is 0 Å². The maximum absolute atomic E-state index is 11.0. The Hall–Kier alpha value is -1.70. The Morgan fingerprint density at radius 1 is 1.53 bits per heavy atom. The molecule has 2 atom stereocenters. The van der Waals surface area contributed by atoms with Gasteiger partial charge in [0.05, 0.1) is 29.6 Å². The van der Waals surface area contributed by atoms with Gasteiger partial charge in [0, 0.05) is 17.7 Å². The van der Waals surface area contributed by atoms with Crippen molar-refractivity contribution in [2.75, 3.05) is 7.11 Å². The Morgan fingerprint density at radius 2 is 2.16 bits per heavy atom. The molecule has 0 saturated carbocycles. The van der Waals surface area contributed by atoms with Gasteiger partial charge in [0.1, 0.15) is 6.10 Å². The van der Waals surface area contributed by atoms with Crippen LogP contribution in [0.25, 0.3) is 0 Å². The lowest BCUT2D eigenvalue weighted by molar-refractivity contribution is -0.384. The smallest absolute Gasteiger partial charge is 0.308 e. The number of nitrogens with zero attached hydrogens (tertiary/aromatic N) is 1. The molecule has 0 amide bonds. The minimum absolute atomic E-state index is 0.0642. The van der Waals surface area contributed by atoms with Crippen LogP contribution >= 0.6 is 11.6 Å². The predicted octanol–water partition coefficient (Wildman–Crippen LogP) is 1.21. The van der Waals surface area contributed by atoms with E-state index < -0.39 is 29.5 Å². The second kappa shape index (κ2) is 6.46. The molecule has 0 bridgehead atoms. The molecule has 0 aromatic heterocycles. The summed E-state index contributed by atoms with van der Waals surface area (Å²) in [6, 6.07) is 3.44. The normalized spacial score (nSPS) is 13.7. The third kappa shape index (κ3) is 3.88. The fourth-order valence-corrected chi connectivity index (χ4v) is 1.73. The van der Waals surface area contributed by atoms with E-state index in [-0.39, 0.29) is 16.3 Å². The second-order valence-corrected chi connectivity index (χ2v) is 4.16. The molecule has 0 saturated heterocycles. The fourth-order valence-electron chi connectivity index (χ4n) is 1.44. The van der Waals surface area contributed by atoms with Gasteiger partial charge in [0.2, 0.25) is 0 Å². The van der Waals surface area contributed by atoms with Crippen LogP contribution in [-0.2, 0) is 9.53 Å². The van der Waals surface area contributed by atoms with Gasteiger partial charge in [-0.05, 0) is 6.07 Å². The van der Waals surface area contributed by atoms with Crippen LogP contribution in [0.5, 0.6) is 0 Å². The number of ether oxygens (including phenoxy) is 1. The molecule has 1 aromatic carbocycles. The number of carbonyl (C=O) groups is 1. The number of benzene rings is 1. The summed E-state index contributed by atoms with van der Waals surface area (Å²) in [4.78, 5) is 20.9. The number of halogens is 1. The summed E-state index contributed by atoms with van der Waals surface area (Å²) in [5.74, 6) is -0.690. The first-order valence-electron chi connectivity index (χ1n) is 5.23. The molecule has 7 nitrogen and oxygen atoms in total. The monoisotopic (exact) mass is 289 g/mol. The molecule has 0 radical (unpaired) electrons. The number of aliphatic hydroxyl groups is 2. The van der Waals surface area contributed by atoms with Crippen LogP contribution in [0, 0.1) is 10.1 Å². The van der Waals surface area contributed by atoms with Crippen molar-refractivity contribution in [2.45, 2.75) is 18.6 Å². The average Bonchev–Trinajstić information content (AvgIpc) is 2.37. The molecule has 2 unspecified atom stereocenters. The first kappa shape index (κ1) is 15.4. The molecular formula is C11H12ClNO6. The fraction of sp³-hybridized carbons (Fsp3) is 0.364. The summed E-state index contributed by atoms with van der Waals surface area (Å²) in [6.07, 6.45) is -3.26. The van der Waals surface area contributed by atoms with Gasteiger partial charge in [-0.2, -0.15) is 0 Å². The molecule has 0 spiro atoms. The number of carbonyl (C=O) groups excluding carboxylic acids is 1. The zero-order valence-corrected chi connectivity index (χ0v) is 10.7. The first-order chi connectivity index (χ1) is 8.86. The van der Waals surface area contributed by atoms with Gasteiger partial charge in [0.25, 0.3) is 5.69 Å². The summed E-state index contributed by atoms with van der Waals surface area (Å²) in [5, 5.41) is 29.9. The van der Waals surface area contributed by atoms with Crippen molar-refractivity contribution in [1.29, 1.82) is 0 Å². The number of methoxy groups -OCH3 is 1. The zero-order chi connectivity index (χ0) is 14.6. The van der Waals surface area contributed by atoms with Crippen LogP contribution in [-0.4, -0.2) is 34.3 Å². The van der Waals surface area contributed by atoms with Gasteiger partial charge >= 0.3 is 5.97 Å². The summed E-state index contributed by atoms with van der Waals surface area (Å²) in [5.41, 5.74) is -0.132. The van der Waals surface area contributed by atoms with E-state index in [4.69, 9.17) is 11.6 Å². The molecule has 1 rings (SSSR count). The molecule has 19 heavy (non-hydrogen) atoms. The van der Waals surface area contributed by atoms with Gasteiger partial charge in [-0.1, -0.05) is 11.6 Å². The molecule has 2 N–H and O–H groups in total. The molecule has 0 aliphatic carbocycles. The van der Waals surface area contributed by atoms with E-state index in [2.05, 4.69) is 4.74 Å². The predicted molar refractivity (Wildman–Crippen MR) is 65.7 cm³/mol. The molecule has 0 aliphatic rings. The standard InChI is InChI=1S/C11H12ClNO6/c1-19-10(15)5-9(14)11(16)7-3-2-6(13(17)18)4-8(7)12/h2-4,9,11,14,16H,5H2,1H3. The Balaban J connectivity index is 2.90. The van der Waals surface area contributed by atoms with Gasteiger partial charge in [-0.15, -0.1) is 0 Å². The highest BCUT2D eigenvalue weighted by atomic mass is 35.5. The third-order valence-electron chi connectivity index (χ3n) is 2.48. The summed E-state index contributed by atoms with van der Waals surface area (Å²) >= 11 is 5.79. The van der Waals surface area contributed by atoms with Crippen LogP contribution in [0.2, 0.25) is 5.02 Å². The number of esters is 1. The van der Waals surface area contributed by atoms with Crippen molar-refractivity contribution in [3.05, 3.63) is 38.9 Å². The Labute approximate surface area is 113 Å². The largest absolute Gasteiger partial charge is 0.469 e.